The zero-order valence-corrected chi connectivity index (χ0v) is 18.7. The molecule has 0 aromatic rings. The van der Waals surface area contributed by atoms with E-state index in [1.165, 1.54) is 6.08 Å². The Balaban J connectivity index is 2.62. The molecule has 3 atom stereocenters. The van der Waals surface area contributed by atoms with Crippen molar-refractivity contribution in [2.45, 2.75) is 84.7 Å². The first-order valence-electron chi connectivity index (χ1n) is 10.9. The minimum absolute atomic E-state index is 0.00649. The van der Waals surface area contributed by atoms with E-state index in [1.807, 2.05) is 13.8 Å². The first-order chi connectivity index (χ1) is 14.1. The minimum Gasteiger partial charge on any atom is -0.346 e. The Hall–Kier alpha value is -2.31. The first-order valence-corrected chi connectivity index (χ1v) is 10.9. The maximum atomic E-state index is 12.7. The Kier molecular flexibility index (Phi) is 10.6. The first kappa shape index (κ1) is 25.7. The van der Waals surface area contributed by atoms with Gasteiger partial charge in [-0.15, -0.1) is 0 Å². The van der Waals surface area contributed by atoms with Gasteiger partial charge in [0.25, 0.3) is 0 Å². The van der Waals surface area contributed by atoms with Crippen LogP contribution in [0, 0.1) is 11.8 Å². The van der Waals surface area contributed by atoms with Crippen LogP contribution in [-0.2, 0) is 24.0 Å². The lowest BCUT2D eigenvalue weighted by Gasteiger charge is -2.26. The molecule has 0 saturated carbocycles. The van der Waals surface area contributed by atoms with Crippen LogP contribution in [0.1, 0.15) is 72.6 Å². The lowest BCUT2D eigenvalue weighted by atomic mass is 9.98. The van der Waals surface area contributed by atoms with Gasteiger partial charge in [0.1, 0.15) is 0 Å². The van der Waals surface area contributed by atoms with Crippen molar-refractivity contribution in [3.63, 3.8) is 0 Å². The van der Waals surface area contributed by atoms with Gasteiger partial charge in [-0.3, -0.25) is 24.0 Å². The molecule has 0 bridgehead atoms. The fourth-order valence-electron chi connectivity index (χ4n) is 3.78. The normalized spacial score (nSPS) is 18.0. The van der Waals surface area contributed by atoms with E-state index < -0.39 is 18.0 Å². The molecular formula is C23H36N2O5. The number of hydrogen-bond donors (Lipinski definition) is 1. The lowest BCUT2D eigenvalue weighted by Crippen LogP contribution is -2.44. The second-order valence-corrected chi connectivity index (χ2v) is 8.50. The molecule has 1 saturated heterocycles. The number of hydrogen-bond acceptors (Lipinski definition) is 5. The fourth-order valence-corrected chi connectivity index (χ4v) is 3.78. The highest BCUT2D eigenvalue weighted by Gasteiger charge is 2.36. The number of ketones is 3. The monoisotopic (exact) mass is 420 g/mol. The summed E-state index contributed by atoms with van der Waals surface area (Å²) in [6.07, 6.45) is 3.50. The second kappa shape index (κ2) is 12.4. The van der Waals surface area contributed by atoms with Crippen molar-refractivity contribution < 1.29 is 24.0 Å². The maximum absolute atomic E-state index is 12.7. The van der Waals surface area contributed by atoms with Crippen molar-refractivity contribution in [2.24, 2.45) is 11.8 Å². The summed E-state index contributed by atoms with van der Waals surface area (Å²) in [5.74, 6) is -1.15. The molecule has 1 fully saturated rings. The van der Waals surface area contributed by atoms with E-state index in [0.717, 1.165) is 6.42 Å². The van der Waals surface area contributed by atoms with Crippen LogP contribution in [-0.4, -0.2) is 52.7 Å². The molecule has 1 aliphatic rings. The molecule has 168 valence electrons. The summed E-state index contributed by atoms with van der Waals surface area (Å²) in [6, 6.07) is -1.07. The third kappa shape index (κ3) is 7.84. The maximum Gasteiger partial charge on any atom is 0.226 e. The molecule has 0 radical (unpaired) electrons. The van der Waals surface area contributed by atoms with Gasteiger partial charge < -0.3 is 10.2 Å². The van der Waals surface area contributed by atoms with Crippen LogP contribution in [0.3, 0.4) is 0 Å². The van der Waals surface area contributed by atoms with Crippen LogP contribution in [0.5, 0.6) is 0 Å². The predicted octanol–water partition coefficient (Wildman–Crippen LogP) is 2.62. The molecule has 7 nitrogen and oxygen atoms in total. The summed E-state index contributed by atoms with van der Waals surface area (Å²) < 4.78 is 0. The largest absolute Gasteiger partial charge is 0.346 e. The fraction of sp³-hybridized carbons (Fsp3) is 0.696. The number of rotatable bonds is 13. The zero-order chi connectivity index (χ0) is 22.8. The summed E-state index contributed by atoms with van der Waals surface area (Å²) >= 11 is 0. The molecule has 1 aliphatic heterocycles. The van der Waals surface area contributed by atoms with Gasteiger partial charge in [-0.25, -0.2) is 0 Å². The molecule has 1 rings (SSSR count). The number of nitrogens with zero attached hydrogens (tertiary/aromatic N) is 1. The molecule has 1 N–H and O–H groups in total. The summed E-state index contributed by atoms with van der Waals surface area (Å²) in [7, 11) is 0. The summed E-state index contributed by atoms with van der Waals surface area (Å²) in [5.41, 5.74) is 0. The van der Waals surface area contributed by atoms with Crippen molar-refractivity contribution in [1.29, 1.82) is 0 Å². The van der Waals surface area contributed by atoms with Gasteiger partial charge in [0.05, 0.1) is 12.1 Å². The van der Waals surface area contributed by atoms with E-state index in [9.17, 15) is 24.0 Å². The number of nitrogens with one attached hydrogen (secondary N) is 1. The van der Waals surface area contributed by atoms with Gasteiger partial charge in [0.2, 0.25) is 11.8 Å². The number of carbonyl (C=O) groups excluding carboxylic acids is 5. The van der Waals surface area contributed by atoms with Crippen molar-refractivity contribution in [2.75, 3.05) is 6.54 Å². The third-order valence-corrected chi connectivity index (χ3v) is 5.44. The van der Waals surface area contributed by atoms with E-state index in [2.05, 4.69) is 11.9 Å². The molecule has 0 aromatic carbocycles. The third-order valence-electron chi connectivity index (χ3n) is 5.44. The molecule has 7 heteroatoms. The van der Waals surface area contributed by atoms with Crippen LogP contribution in [0.4, 0.5) is 0 Å². The average molecular weight is 421 g/mol. The lowest BCUT2D eigenvalue weighted by molar-refractivity contribution is -0.141. The Morgan fingerprint density at radius 1 is 1.13 bits per heavy atom. The topological polar surface area (TPSA) is 101 Å². The van der Waals surface area contributed by atoms with E-state index in [4.69, 9.17) is 0 Å². The Bertz CT molecular complexity index is 671. The number of amides is 2. The Labute approximate surface area is 179 Å². The molecule has 0 unspecified atom stereocenters. The van der Waals surface area contributed by atoms with E-state index in [0.29, 0.717) is 25.8 Å². The van der Waals surface area contributed by atoms with E-state index >= 15 is 0 Å². The summed E-state index contributed by atoms with van der Waals surface area (Å²) in [4.78, 5) is 62.8. The average Bonchev–Trinajstić information content (AvgIpc) is 3.19. The Morgan fingerprint density at radius 2 is 1.80 bits per heavy atom. The van der Waals surface area contributed by atoms with Gasteiger partial charge in [-0.2, -0.15) is 0 Å². The van der Waals surface area contributed by atoms with E-state index in [-0.39, 0.29) is 54.3 Å². The Morgan fingerprint density at radius 3 is 2.37 bits per heavy atom. The predicted molar refractivity (Wildman–Crippen MR) is 115 cm³/mol. The summed E-state index contributed by atoms with van der Waals surface area (Å²) in [6.45, 7) is 11.3. The quantitative estimate of drug-likeness (QED) is 0.462. The summed E-state index contributed by atoms with van der Waals surface area (Å²) in [5, 5.41) is 2.76. The molecule has 2 amide bonds. The van der Waals surface area contributed by atoms with Crippen molar-refractivity contribution in [3.05, 3.63) is 12.7 Å². The van der Waals surface area contributed by atoms with Gasteiger partial charge in [-0.1, -0.05) is 34.3 Å². The van der Waals surface area contributed by atoms with Crippen LogP contribution < -0.4 is 5.32 Å². The van der Waals surface area contributed by atoms with Gasteiger partial charge >= 0.3 is 0 Å². The standard InChI is InChI=1S/C23H36N2O5/c1-6-17(26)14-16(5)23(30)25-12-8-9-19(25)21(28)10-11-22(29)24-18(13-15(3)4)20(27)7-2/h6,15-16,18-19H,1,7-14H2,2-5H3,(H,24,29)/t16-,18+,19+/m1/s1. The molecule has 0 spiro atoms. The molecule has 0 aromatic heterocycles. The van der Waals surface area contributed by atoms with Crippen LogP contribution >= 0.6 is 0 Å². The van der Waals surface area contributed by atoms with Gasteiger partial charge in [0, 0.05) is 38.1 Å². The molecule has 1 heterocycles. The van der Waals surface area contributed by atoms with Crippen molar-refractivity contribution in [1.82, 2.24) is 10.2 Å². The number of likely N-dealkylation sites (tertiary alicyclic amines) is 1. The van der Waals surface area contributed by atoms with Gasteiger partial charge in [0.15, 0.2) is 17.3 Å². The molecular weight excluding hydrogens is 384 g/mol. The highest BCUT2D eigenvalue weighted by atomic mass is 16.2. The zero-order valence-electron chi connectivity index (χ0n) is 18.7. The highest BCUT2D eigenvalue weighted by Crippen LogP contribution is 2.23. The highest BCUT2D eigenvalue weighted by molar-refractivity contribution is 5.96. The van der Waals surface area contributed by atoms with Crippen LogP contribution in [0.25, 0.3) is 0 Å². The molecule has 0 aliphatic carbocycles. The minimum atomic E-state index is -0.546. The van der Waals surface area contributed by atoms with Gasteiger partial charge in [-0.05, 0) is 31.3 Å². The van der Waals surface area contributed by atoms with E-state index in [1.54, 1.807) is 18.7 Å². The molecule has 30 heavy (non-hydrogen) atoms. The van der Waals surface area contributed by atoms with Crippen LogP contribution in [0.2, 0.25) is 0 Å². The van der Waals surface area contributed by atoms with Crippen molar-refractivity contribution in [3.8, 4) is 0 Å². The second-order valence-electron chi connectivity index (χ2n) is 8.50. The smallest absolute Gasteiger partial charge is 0.226 e. The van der Waals surface area contributed by atoms with Crippen LogP contribution in [0.15, 0.2) is 12.7 Å². The number of Topliss-reactive ketones (excluding diaryl/α,β-unsaturated/α-hetero) is 2. The van der Waals surface area contributed by atoms with Crippen molar-refractivity contribution >= 4 is 29.2 Å². The SMILES string of the molecule is C=CC(=O)C[C@@H](C)C(=O)N1CCC[C@H]1C(=O)CCC(=O)N[C@@H](CC(C)C)C(=O)CC. The number of allylic oxidation sites excluding steroid dienone is 1. The number of carbonyl (C=O) groups is 5.